The lowest BCUT2D eigenvalue weighted by Gasteiger charge is -2.30. The first-order chi connectivity index (χ1) is 28.5. The van der Waals surface area contributed by atoms with Crippen molar-refractivity contribution in [2.45, 2.75) is 57.8 Å². The zero-order chi connectivity index (χ0) is 40.0. The van der Waals surface area contributed by atoms with Crippen LogP contribution in [0.4, 0.5) is 17.1 Å². The Morgan fingerprint density at radius 1 is 0.356 bits per heavy atom. The van der Waals surface area contributed by atoms with Crippen molar-refractivity contribution in [3.8, 4) is 39.1 Å². The first kappa shape index (κ1) is 34.4. The Morgan fingerprint density at radius 2 is 0.881 bits per heavy atom. The van der Waals surface area contributed by atoms with Crippen molar-refractivity contribution < 1.29 is 0 Å². The normalized spacial score (nSPS) is 15.7. The fourth-order valence-corrected chi connectivity index (χ4v) is 11.3. The van der Waals surface area contributed by atoms with Crippen LogP contribution >= 0.6 is 0 Å². The van der Waals surface area contributed by atoms with Gasteiger partial charge in [0.15, 0.2) is 0 Å². The van der Waals surface area contributed by atoms with E-state index in [2.05, 4.69) is 221 Å². The molecule has 1 heterocycles. The van der Waals surface area contributed by atoms with E-state index in [4.69, 9.17) is 0 Å². The highest BCUT2D eigenvalue weighted by atomic mass is 15.1. The van der Waals surface area contributed by atoms with E-state index in [0.29, 0.717) is 0 Å². The molecule has 2 nitrogen and oxygen atoms in total. The fraction of sp³-hybridized carbons (Fsp3) is 0.158. The molecule has 284 valence electrons. The third-order valence-electron chi connectivity index (χ3n) is 14.4. The van der Waals surface area contributed by atoms with E-state index in [1.165, 1.54) is 106 Å². The molecule has 12 rings (SSSR count). The molecule has 8 aromatic carbocycles. The smallest absolute Gasteiger partial charge is 0.0543 e. The molecule has 0 radical (unpaired) electrons. The molecular formula is C57H46N2. The molecule has 0 aliphatic heterocycles. The van der Waals surface area contributed by atoms with Gasteiger partial charge in [-0.05, 0) is 128 Å². The Hall–Kier alpha value is -6.64. The summed E-state index contributed by atoms with van der Waals surface area (Å²) in [5, 5.41) is 2.58. The van der Waals surface area contributed by atoms with Crippen molar-refractivity contribution in [2.75, 3.05) is 4.90 Å². The summed E-state index contributed by atoms with van der Waals surface area (Å²) >= 11 is 0. The van der Waals surface area contributed by atoms with E-state index in [0.717, 1.165) is 5.69 Å². The summed E-state index contributed by atoms with van der Waals surface area (Å²) in [6.07, 6.45) is 0. The molecule has 3 aliphatic carbocycles. The van der Waals surface area contributed by atoms with Crippen LogP contribution in [0, 0.1) is 0 Å². The summed E-state index contributed by atoms with van der Waals surface area (Å²) in [7, 11) is 0. The van der Waals surface area contributed by atoms with E-state index < -0.39 is 0 Å². The van der Waals surface area contributed by atoms with Gasteiger partial charge in [0.05, 0.1) is 16.7 Å². The highest BCUT2D eigenvalue weighted by Crippen LogP contribution is 2.59. The van der Waals surface area contributed by atoms with Crippen LogP contribution in [0.3, 0.4) is 0 Å². The van der Waals surface area contributed by atoms with E-state index in [1.807, 2.05) is 0 Å². The molecule has 3 aliphatic rings. The van der Waals surface area contributed by atoms with Crippen molar-refractivity contribution in [1.29, 1.82) is 0 Å². The van der Waals surface area contributed by atoms with Gasteiger partial charge >= 0.3 is 0 Å². The predicted octanol–water partition coefficient (Wildman–Crippen LogP) is 15.2. The maximum Gasteiger partial charge on any atom is 0.0543 e. The van der Waals surface area contributed by atoms with Gasteiger partial charge < -0.3 is 9.47 Å². The summed E-state index contributed by atoms with van der Waals surface area (Å²) in [5.74, 6) is 0. The lowest BCUT2D eigenvalue weighted by Crippen LogP contribution is -2.17. The molecule has 0 spiro atoms. The molecule has 59 heavy (non-hydrogen) atoms. The van der Waals surface area contributed by atoms with E-state index >= 15 is 0 Å². The summed E-state index contributed by atoms with van der Waals surface area (Å²) in [6.45, 7) is 14.4. The lowest BCUT2D eigenvalue weighted by atomic mass is 9.79. The second-order valence-electron chi connectivity index (χ2n) is 18.6. The number of aromatic nitrogens is 1. The van der Waals surface area contributed by atoms with Gasteiger partial charge in [-0.15, -0.1) is 0 Å². The average molecular weight is 759 g/mol. The van der Waals surface area contributed by atoms with Gasteiger partial charge in [-0.25, -0.2) is 0 Å². The van der Waals surface area contributed by atoms with Crippen molar-refractivity contribution in [2.24, 2.45) is 0 Å². The minimum Gasteiger partial charge on any atom is -0.310 e. The Balaban J connectivity index is 1.03. The zero-order valence-corrected chi connectivity index (χ0v) is 34.6. The van der Waals surface area contributed by atoms with E-state index in [1.54, 1.807) is 0 Å². The van der Waals surface area contributed by atoms with E-state index in [-0.39, 0.29) is 16.2 Å². The molecular weight excluding hydrogens is 713 g/mol. The standard InChI is InChI=1S/C57H46N2/c1-55(2)45-22-13-10-19-38(45)39-29-27-36(31-47(39)55)58(35-17-8-7-9-18-35)53-26-16-23-46-54(53)44-34-49-43(33-50(44)56(46,3)4)40-30-28-37(32-48(40)57(49,5)6)59-51-24-14-11-20-41(51)42-21-12-15-25-52(42)59/h7-34H,1-6H3. The number of benzene rings is 8. The van der Waals surface area contributed by atoms with Gasteiger partial charge in [-0.2, -0.15) is 0 Å². The number of anilines is 3. The Kier molecular flexibility index (Phi) is 6.84. The van der Waals surface area contributed by atoms with Crippen molar-refractivity contribution in [3.63, 3.8) is 0 Å². The van der Waals surface area contributed by atoms with Crippen LogP contribution in [0.2, 0.25) is 0 Å². The summed E-state index contributed by atoms with van der Waals surface area (Å²) in [6, 6.07) is 63.9. The minimum atomic E-state index is -0.198. The Labute approximate surface area is 347 Å². The van der Waals surface area contributed by atoms with Crippen LogP contribution in [0.1, 0.15) is 74.9 Å². The van der Waals surface area contributed by atoms with Gasteiger partial charge in [0.2, 0.25) is 0 Å². The number of fused-ring (bicyclic) bond motifs is 12. The van der Waals surface area contributed by atoms with Gasteiger partial charge in [0, 0.05) is 49.6 Å². The molecule has 0 fully saturated rings. The predicted molar refractivity (Wildman–Crippen MR) is 248 cm³/mol. The number of para-hydroxylation sites is 3. The summed E-state index contributed by atoms with van der Waals surface area (Å²) in [4.78, 5) is 2.51. The molecule has 0 saturated carbocycles. The maximum atomic E-state index is 2.56. The third kappa shape index (κ3) is 4.52. The largest absolute Gasteiger partial charge is 0.310 e. The lowest BCUT2D eigenvalue weighted by molar-refractivity contribution is 0.652. The quantitative estimate of drug-likeness (QED) is 0.174. The molecule has 0 atom stereocenters. The molecule has 0 saturated heterocycles. The van der Waals surface area contributed by atoms with Crippen LogP contribution in [0.25, 0.3) is 60.9 Å². The Bertz CT molecular complexity index is 3190. The van der Waals surface area contributed by atoms with Crippen LogP contribution in [0.15, 0.2) is 170 Å². The van der Waals surface area contributed by atoms with Crippen molar-refractivity contribution in [3.05, 3.63) is 203 Å². The van der Waals surface area contributed by atoms with E-state index in [9.17, 15) is 0 Å². The topological polar surface area (TPSA) is 8.17 Å². The highest BCUT2D eigenvalue weighted by Gasteiger charge is 2.43. The number of hydrogen-bond acceptors (Lipinski definition) is 1. The molecule has 2 heteroatoms. The van der Waals surface area contributed by atoms with Crippen LogP contribution in [-0.2, 0) is 16.2 Å². The van der Waals surface area contributed by atoms with Crippen molar-refractivity contribution >= 4 is 38.9 Å². The third-order valence-corrected chi connectivity index (χ3v) is 14.4. The fourth-order valence-electron chi connectivity index (χ4n) is 11.3. The van der Waals surface area contributed by atoms with Crippen LogP contribution in [-0.4, -0.2) is 4.57 Å². The van der Waals surface area contributed by atoms with Gasteiger partial charge in [-0.3, -0.25) is 0 Å². The maximum absolute atomic E-state index is 2.56. The van der Waals surface area contributed by atoms with Crippen LogP contribution < -0.4 is 4.90 Å². The van der Waals surface area contributed by atoms with Gasteiger partial charge in [-0.1, -0.05) is 145 Å². The monoisotopic (exact) mass is 758 g/mol. The highest BCUT2D eigenvalue weighted by molar-refractivity contribution is 6.09. The first-order valence-electron chi connectivity index (χ1n) is 21.1. The van der Waals surface area contributed by atoms with Gasteiger partial charge in [0.1, 0.15) is 0 Å². The van der Waals surface area contributed by atoms with Gasteiger partial charge in [0.25, 0.3) is 0 Å². The summed E-state index contributed by atoms with van der Waals surface area (Å²) in [5.41, 5.74) is 23.2. The number of hydrogen-bond donors (Lipinski definition) is 0. The van der Waals surface area contributed by atoms with Crippen molar-refractivity contribution in [1.82, 2.24) is 4.57 Å². The second-order valence-corrected chi connectivity index (χ2v) is 18.6. The average Bonchev–Trinajstić information content (AvgIpc) is 3.87. The minimum absolute atomic E-state index is 0.0971. The second kappa shape index (κ2) is 11.7. The SMILES string of the molecule is CC1(C)c2ccccc2-c2ccc(N(c3ccccc3)c3cccc4c3-c3cc5c(cc3C4(C)C)-c3ccc(-n4c6ccccc6c6ccccc64)cc3C5(C)C)cc21. The molecule has 0 bridgehead atoms. The molecule has 9 aromatic rings. The number of nitrogens with zero attached hydrogens (tertiary/aromatic N) is 2. The molecule has 0 unspecified atom stereocenters. The van der Waals surface area contributed by atoms with Crippen LogP contribution in [0.5, 0.6) is 0 Å². The Morgan fingerprint density at radius 3 is 1.64 bits per heavy atom. The zero-order valence-electron chi connectivity index (χ0n) is 34.6. The molecule has 0 N–H and O–H groups in total. The summed E-state index contributed by atoms with van der Waals surface area (Å²) < 4.78 is 2.45. The molecule has 1 aromatic heterocycles. The molecule has 0 amide bonds. The number of rotatable bonds is 4. The first-order valence-corrected chi connectivity index (χ1v) is 21.1.